The molecule has 0 aliphatic heterocycles. The van der Waals surface area contributed by atoms with Gasteiger partial charge in [-0.05, 0) is 24.1 Å². The van der Waals surface area contributed by atoms with E-state index in [1.807, 2.05) is 42.5 Å². The Bertz CT molecular complexity index is 451. The van der Waals surface area contributed by atoms with Crippen LogP contribution in [0.1, 0.15) is 22.5 Å². The van der Waals surface area contributed by atoms with Crippen LogP contribution in [0.5, 0.6) is 0 Å². The number of pyridine rings is 1. The monoisotopic (exact) mass is 210 g/mol. The van der Waals surface area contributed by atoms with E-state index in [-0.39, 0.29) is 5.78 Å². The third kappa shape index (κ3) is 2.76. The molecule has 0 amide bonds. The van der Waals surface area contributed by atoms with E-state index in [9.17, 15) is 4.79 Å². The van der Waals surface area contributed by atoms with E-state index in [4.69, 9.17) is 0 Å². The molecule has 0 aliphatic rings. The summed E-state index contributed by atoms with van der Waals surface area (Å²) in [7, 11) is 0. The lowest BCUT2D eigenvalue weighted by Gasteiger charge is -2.00. The summed E-state index contributed by atoms with van der Waals surface area (Å²) in [6.45, 7) is 0. The van der Waals surface area contributed by atoms with Crippen LogP contribution in [0.4, 0.5) is 0 Å². The van der Waals surface area contributed by atoms with Crippen LogP contribution in [0.2, 0.25) is 0 Å². The molecule has 2 nitrogen and oxygen atoms in total. The largest absolute Gasteiger partial charge is 0.292 e. The summed E-state index contributed by atoms with van der Waals surface area (Å²) in [6.07, 6.45) is 2.94. The Hall–Kier alpha value is -1.96. The van der Waals surface area contributed by atoms with E-state index in [2.05, 4.69) is 4.98 Å². The maximum absolute atomic E-state index is 11.8. The average molecular weight is 210 g/mol. The van der Waals surface area contributed by atoms with Gasteiger partial charge < -0.3 is 0 Å². The van der Waals surface area contributed by atoms with E-state index in [0.717, 1.165) is 6.42 Å². The van der Waals surface area contributed by atoms with Gasteiger partial charge in [0.2, 0.25) is 0 Å². The van der Waals surface area contributed by atoms with Gasteiger partial charge in [0, 0.05) is 12.6 Å². The third-order valence-electron chi connectivity index (χ3n) is 2.43. The van der Waals surface area contributed by atoms with Crippen LogP contribution < -0.4 is 0 Å². The highest BCUT2D eigenvalue weighted by Crippen LogP contribution is 2.06. The number of aryl methyl sites for hydroxylation is 1. The minimum absolute atomic E-state index is 0.101. The van der Waals surface area contributed by atoms with Gasteiger partial charge >= 0.3 is 0 Å². The van der Waals surface area contributed by atoms with Crippen LogP contribution >= 0.6 is 0 Å². The van der Waals surface area contributed by atoms with Crippen LogP contribution in [0.25, 0.3) is 0 Å². The summed E-state index contributed by atoms with van der Waals surface area (Å²) in [5, 5.41) is 0. The Kier molecular flexibility index (Phi) is 3.44. The topological polar surface area (TPSA) is 30.0 Å². The fourth-order valence-electron chi connectivity index (χ4n) is 1.56. The second-order valence-corrected chi connectivity index (χ2v) is 3.62. The van der Waals surface area contributed by atoms with Gasteiger partial charge in [0.25, 0.3) is 0 Å². The molecule has 0 saturated carbocycles. The smallest absolute Gasteiger partial charge is 0.181 e. The van der Waals surface area contributed by atoms with Crippen molar-refractivity contribution >= 4 is 5.78 Å². The van der Waals surface area contributed by atoms with E-state index in [0.29, 0.717) is 12.1 Å². The zero-order chi connectivity index (χ0) is 11.2. The zero-order valence-electron chi connectivity index (χ0n) is 8.97. The maximum Gasteiger partial charge on any atom is 0.181 e. The predicted octanol–water partition coefficient (Wildman–Crippen LogP) is 2.90. The second-order valence-electron chi connectivity index (χ2n) is 3.62. The van der Waals surface area contributed by atoms with Crippen LogP contribution in [-0.2, 0) is 6.42 Å². The highest BCUT2D eigenvalue weighted by atomic mass is 16.1. The van der Waals surface area contributed by atoms with Crippen molar-refractivity contribution in [3.8, 4) is 0 Å². The first kappa shape index (κ1) is 10.6. The van der Waals surface area contributed by atoms with E-state index in [1.165, 1.54) is 5.56 Å². The molecule has 0 aliphatic carbocycles. The molecular weight excluding hydrogens is 197 g/mol. The van der Waals surface area contributed by atoms with Crippen molar-refractivity contribution in [3.05, 3.63) is 66.0 Å². The van der Waals surface area contributed by atoms with Crippen molar-refractivity contribution < 1.29 is 4.79 Å². The van der Waals surface area contributed by atoms with Gasteiger partial charge in [0.15, 0.2) is 5.78 Å². The van der Waals surface area contributed by atoms with E-state index in [1.54, 1.807) is 12.3 Å². The first-order valence-electron chi connectivity index (χ1n) is 5.34. The average Bonchev–Trinajstić information content (AvgIpc) is 2.38. The SMILES string of the molecule is O=[11C](CCc1ccccc1)c1ccccn1. The molecule has 0 N–H and O–H groups in total. The molecule has 0 fully saturated rings. The predicted molar refractivity (Wildman–Crippen MR) is 63.3 cm³/mol. The summed E-state index contributed by atoms with van der Waals surface area (Å²) in [4.78, 5) is 15.8. The number of benzene rings is 1. The number of hydrogen-bond acceptors (Lipinski definition) is 2. The zero-order valence-corrected chi connectivity index (χ0v) is 8.97. The first-order valence-corrected chi connectivity index (χ1v) is 5.34. The summed E-state index contributed by atoms with van der Waals surface area (Å²) < 4.78 is 0. The Labute approximate surface area is 95.0 Å². The van der Waals surface area contributed by atoms with Gasteiger partial charge in [0.05, 0.1) is 0 Å². The van der Waals surface area contributed by atoms with Gasteiger partial charge in [-0.15, -0.1) is 0 Å². The molecule has 2 rings (SSSR count). The fourth-order valence-corrected chi connectivity index (χ4v) is 1.56. The van der Waals surface area contributed by atoms with Crippen molar-refractivity contribution in [2.75, 3.05) is 0 Å². The van der Waals surface area contributed by atoms with Gasteiger partial charge in [-0.3, -0.25) is 9.78 Å². The quantitative estimate of drug-likeness (QED) is 0.726. The molecule has 1 aromatic heterocycles. The number of carbonyl (C=O) groups excluding carboxylic acids is 1. The maximum atomic E-state index is 11.8. The molecule has 1 heterocycles. The summed E-state index contributed by atoms with van der Waals surface area (Å²) >= 11 is 0. The molecule has 0 saturated heterocycles. The Morgan fingerprint density at radius 3 is 2.44 bits per heavy atom. The lowest BCUT2D eigenvalue weighted by Crippen LogP contribution is -2.03. The standard InChI is InChI=1S/C14H13NO/c16-14(13-8-4-5-11-15-13)10-9-12-6-2-1-3-7-12/h1-8,11H,9-10H2/i14-1. The molecule has 80 valence electrons. The number of nitrogens with zero attached hydrogens (tertiary/aromatic N) is 1. The molecule has 16 heavy (non-hydrogen) atoms. The number of aromatic nitrogens is 1. The number of rotatable bonds is 4. The van der Waals surface area contributed by atoms with Crippen LogP contribution in [0.3, 0.4) is 0 Å². The fraction of sp³-hybridized carbons (Fsp3) is 0.143. The lowest BCUT2D eigenvalue weighted by atomic mass is 9.75. The van der Waals surface area contributed by atoms with Crippen molar-refractivity contribution in [2.24, 2.45) is 0 Å². The van der Waals surface area contributed by atoms with Crippen molar-refractivity contribution in [2.45, 2.75) is 12.8 Å². The number of hydrogen-bond donors (Lipinski definition) is 0. The van der Waals surface area contributed by atoms with Crippen molar-refractivity contribution in [1.29, 1.82) is 0 Å². The molecule has 0 bridgehead atoms. The lowest BCUT2D eigenvalue weighted by molar-refractivity contribution is 0.0978. The van der Waals surface area contributed by atoms with E-state index >= 15 is 0 Å². The van der Waals surface area contributed by atoms with Gasteiger partial charge in [-0.2, -0.15) is 0 Å². The molecule has 0 atom stereocenters. The van der Waals surface area contributed by atoms with Gasteiger partial charge in [-0.25, -0.2) is 0 Å². The van der Waals surface area contributed by atoms with Crippen molar-refractivity contribution in [1.82, 2.24) is 4.98 Å². The van der Waals surface area contributed by atoms with E-state index < -0.39 is 0 Å². The molecule has 0 spiro atoms. The molecule has 1 aromatic carbocycles. The molecule has 2 heteroatoms. The minimum Gasteiger partial charge on any atom is -0.292 e. The van der Waals surface area contributed by atoms with Crippen LogP contribution in [0.15, 0.2) is 54.7 Å². The third-order valence-corrected chi connectivity index (χ3v) is 2.43. The molecule has 0 radical (unpaired) electrons. The molecule has 0 unspecified atom stereocenters. The van der Waals surface area contributed by atoms with Crippen LogP contribution in [0, 0.1) is 0 Å². The highest BCUT2D eigenvalue weighted by Gasteiger charge is 2.06. The minimum atomic E-state index is 0.101. The molecular formula is C14H13NO. The highest BCUT2D eigenvalue weighted by molar-refractivity contribution is 5.94. The Morgan fingerprint density at radius 2 is 1.75 bits per heavy atom. The summed E-state index contributed by atoms with van der Waals surface area (Å²) in [5.41, 5.74) is 1.74. The van der Waals surface area contributed by atoms with Gasteiger partial charge in [-0.1, -0.05) is 36.4 Å². The summed E-state index contributed by atoms with van der Waals surface area (Å²) in [5.74, 6) is 0.101. The number of Topliss-reactive ketones (excluding diaryl/α,β-unsaturated/α-hetero) is 1. The summed E-state index contributed by atoms with van der Waals surface area (Å²) in [6, 6.07) is 15.4. The van der Waals surface area contributed by atoms with Gasteiger partial charge in [0.1, 0.15) is 5.69 Å². The Morgan fingerprint density at radius 1 is 1.00 bits per heavy atom. The second kappa shape index (κ2) is 5.21. The van der Waals surface area contributed by atoms with Crippen molar-refractivity contribution in [3.63, 3.8) is 0 Å². The molecule has 2 aromatic rings. The number of ketones is 1. The first-order chi connectivity index (χ1) is 7.86. The normalized spacial score (nSPS) is 10.0. The Balaban J connectivity index is 1.95. The van der Waals surface area contributed by atoms with Crippen LogP contribution in [-0.4, -0.2) is 10.8 Å². The number of carbonyl (C=O) groups is 1.